The van der Waals surface area contributed by atoms with Crippen molar-refractivity contribution in [3.05, 3.63) is 76.7 Å². The smallest absolute Gasteiger partial charge is 0.268 e. The lowest BCUT2D eigenvalue weighted by Crippen LogP contribution is -2.27. The van der Waals surface area contributed by atoms with Crippen LogP contribution in [0.4, 0.5) is 4.79 Å². The summed E-state index contributed by atoms with van der Waals surface area (Å²) in [5.74, 6) is -0.269. The summed E-state index contributed by atoms with van der Waals surface area (Å²) in [5.41, 5.74) is 0.879. The van der Waals surface area contributed by atoms with E-state index in [0.717, 1.165) is 27.1 Å². The highest BCUT2D eigenvalue weighted by molar-refractivity contribution is 8.18. The zero-order valence-electron chi connectivity index (χ0n) is 13.1. The maximum atomic E-state index is 12.2. The highest BCUT2D eigenvalue weighted by Crippen LogP contribution is 2.33. The fraction of sp³-hybridized carbons (Fsp3) is 0.0526. The Kier molecular flexibility index (Phi) is 5.68. The Labute approximate surface area is 159 Å². The number of halogens is 1. The monoisotopic (exact) mass is 387 g/mol. The van der Waals surface area contributed by atoms with Crippen LogP contribution in [0.5, 0.6) is 0 Å². The standard InChI is InChI=1S/C19H14ClNO2S2/c1-2-11-21-18(22)17(25-19(21)23)12-13-3-7-15(8-4-13)24-16-9-5-14(20)6-10-16/h2-10,12H,1,11H2/b17-12-. The molecule has 3 nitrogen and oxygen atoms in total. The van der Waals surface area contributed by atoms with Gasteiger partial charge in [0, 0.05) is 21.4 Å². The van der Waals surface area contributed by atoms with Gasteiger partial charge in [0.15, 0.2) is 0 Å². The van der Waals surface area contributed by atoms with Gasteiger partial charge in [-0.3, -0.25) is 14.5 Å². The summed E-state index contributed by atoms with van der Waals surface area (Å²) in [6.45, 7) is 3.80. The number of thioether (sulfide) groups is 1. The van der Waals surface area contributed by atoms with Gasteiger partial charge in [-0.15, -0.1) is 6.58 Å². The molecule has 0 saturated carbocycles. The molecule has 0 atom stereocenters. The summed E-state index contributed by atoms with van der Waals surface area (Å²) in [4.78, 5) is 27.8. The predicted octanol–water partition coefficient (Wildman–Crippen LogP) is 5.71. The molecule has 0 unspecified atom stereocenters. The number of hydrogen-bond donors (Lipinski definition) is 0. The lowest BCUT2D eigenvalue weighted by Gasteiger charge is -2.07. The van der Waals surface area contributed by atoms with E-state index in [0.29, 0.717) is 9.93 Å². The van der Waals surface area contributed by atoms with Crippen LogP contribution in [0.25, 0.3) is 6.08 Å². The molecule has 2 aromatic rings. The highest BCUT2D eigenvalue weighted by atomic mass is 35.5. The molecule has 1 saturated heterocycles. The molecule has 25 heavy (non-hydrogen) atoms. The highest BCUT2D eigenvalue weighted by Gasteiger charge is 2.33. The van der Waals surface area contributed by atoms with Crippen molar-refractivity contribution in [2.75, 3.05) is 6.54 Å². The van der Waals surface area contributed by atoms with Crippen molar-refractivity contribution in [2.24, 2.45) is 0 Å². The molecular weight excluding hydrogens is 374 g/mol. The van der Waals surface area contributed by atoms with Gasteiger partial charge in [0.2, 0.25) is 0 Å². The number of nitrogens with zero attached hydrogens (tertiary/aromatic N) is 1. The fourth-order valence-corrected chi connectivity index (χ4v) is 4.00. The average Bonchev–Trinajstić information content (AvgIpc) is 2.86. The van der Waals surface area contributed by atoms with Gasteiger partial charge < -0.3 is 0 Å². The van der Waals surface area contributed by atoms with Crippen LogP contribution >= 0.6 is 35.1 Å². The molecule has 0 aromatic heterocycles. The second kappa shape index (κ2) is 7.95. The minimum atomic E-state index is -0.269. The summed E-state index contributed by atoms with van der Waals surface area (Å²) in [5, 5.41) is 0.455. The molecule has 3 rings (SSSR count). The molecule has 1 aliphatic rings. The normalized spacial score (nSPS) is 15.9. The van der Waals surface area contributed by atoms with E-state index in [1.165, 1.54) is 4.90 Å². The number of benzene rings is 2. The largest absolute Gasteiger partial charge is 0.293 e. The molecule has 0 radical (unpaired) electrons. The number of amides is 2. The lowest BCUT2D eigenvalue weighted by atomic mass is 10.2. The zero-order valence-corrected chi connectivity index (χ0v) is 15.5. The van der Waals surface area contributed by atoms with Crippen LogP contribution in [-0.4, -0.2) is 22.6 Å². The van der Waals surface area contributed by atoms with E-state index in [1.54, 1.807) is 23.9 Å². The van der Waals surface area contributed by atoms with Crippen molar-refractivity contribution in [3.63, 3.8) is 0 Å². The van der Waals surface area contributed by atoms with Crippen molar-refractivity contribution in [3.8, 4) is 0 Å². The van der Waals surface area contributed by atoms with E-state index in [1.807, 2.05) is 48.5 Å². The van der Waals surface area contributed by atoms with Crippen molar-refractivity contribution >= 4 is 52.3 Å². The Morgan fingerprint density at radius 2 is 1.64 bits per heavy atom. The topological polar surface area (TPSA) is 37.4 Å². The second-order valence-electron chi connectivity index (χ2n) is 5.21. The van der Waals surface area contributed by atoms with Crippen molar-refractivity contribution < 1.29 is 9.59 Å². The van der Waals surface area contributed by atoms with Gasteiger partial charge in [0.05, 0.1) is 4.91 Å². The first-order valence-corrected chi connectivity index (χ1v) is 9.47. The van der Waals surface area contributed by atoms with Gasteiger partial charge in [-0.1, -0.05) is 41.6 Å². The third-order valence-corrected chi connectivity index (χ3v) is 5.59. The van der Waals surface area contributed by atoms with Crippen molar-refractivity contribution in [1.29, 1.82) is 0 Å². The van der Waals surface area contributed by atoms with Gasteiger partial charge >= 0.3 is 0 Å². The maximum absolute atomic E-state index is 12.2. The molecule has 0 bridgehead atoms. The van der Waals surface area contributed by atoms with Crippen LogP contribution in [0.15, 0.2) is 75.9 Å². The molecular formula is C19H14ClNO2S2. The minimum Gasteiger partial charge on any atom is -0.268 e. The van der Waals surface area contributed by atoms with Crippen LogP contribution in [0.1, 0.15) is 5.56 Å². The van der Waals surface area contributed by atoms with Gasteiger partial charge in [-0.05, 0) is 59.8 Å². The Morgan fingerprint density at radius 3 is 2.24 bits per heavy atom. The van der Waals surface area contributed by atoms with Crippen LogP contribution in [0.2, 0.25) is 5.02 Å². The van der Waals surface area contributed by atoms with Gasteiger partial charge in [-0.2, -0.15) is 0 Å². The number of rotatable bonds is 5. The quantitative estimate of drug-likeness (QED) is 0.486. The van der Waals surface area contributed by atoms with Crippen molar-refractivity contribution in [1.82, 2.24) is 4.90 Å². The first kappa shape index (κ1) is 17.9. The van der Waals surface area contributed by atoms with E-state index < -0.39 is 0 Å². The molecule has 126 valence electrons. The average molecular weight is 388 g/mol. The SMILES string of the molecule is C=CCN1C(=O)S/C(=C\c2ccc(Sc3ccc(Cl)cc3)cc2)C1=O. The summed E-state index contributed by atoms with van der Waals surface area (Å²) < 4.78 is 0. The molecule has 0 aliphatic carbocycles. The Morgan fingerprint density at radius 1 is 1.04 bits per heavy atom. The second-order valence-corrected chi connectivity index (χ2v) is 7.78. The molecule has 2 amide bonds. The molecule has 6 heteroatoms. The first-order valence-electron chi connectivity index (χ1n) is 7.46. The van der Waals surface area contributed by atoms with Crippen LogP contribution in [0, 0.1) is 0 Å². The molecule has 1 fully saturated rings. The van der Waals surface area contributed by atoms with Crippen molar-refractivity contribution in [2.45, 2.75) is 9.79 Å². The fourth-order valence-electron chi connectivity index (χ4n) is 2.21. The summed E-state index contributed by atoms with van der Waals surface area (Å²) in [7, 11) is 0. The maximum Gasteiger partial charge on any atom is 0.293 e. The summed E-state index contributed by atoms with van der Waals surface area (Å²) >= 11 is 8.48. The van der Waals surface area contributed by atoms with Gasteiger partial charge in [-0.25, -0.2) is 0 Å². The number of hydrogen-bond acceptors (Lipinski definition) is 4. The van der Waals surface area contributed by atoms with Crippen LogP contribution in [-0.2, 0) is 4.79 Å². The number of carbonyl (C=O) groups is 2. The molecule has 1 aliphatic heterocycles. The number of imide groups is 1. The van der Waals surface area contributed by atoms with E-state index in [9.17, 15) is 9.59 Å². The third kappa shape index (κ3) is 4.37. The molecule has 1 heterocycles. The van der Waals surface area contributed by atoms with Crippen LogP contribution in [0.3, 0.4) is 0 Å². The van der Waals surface area contributed by atoms with E-state index >= 15 is 0 Å². The third-order valence-electron chi connectivity index (χ3n) is 3.41. The van der Waals surface area contributed by atoms with E-state index in [2.05, 4.69) is 6.58 Å². The lowest BCUT2D eigenvalue weighted by molar-refractivity contribution is -0.122. The van der Waals surface area contributed by atoms with Gasteiger partial charge in [0.25, 0.3) is 11.1 Å². The molecule has 0 spiro atoms. The van der Waals surface area contributed by atoms with Crippen LogP contribution < -0.4 is 0 Å². The summed E-state index contributed by atoms with van der Waals surface area (Å²) in [6.07, 6.45) is 3.28. The Hall–Kier alpha value is -1.95. The molecule has 0 N–H and O–H groups in total. The van der Waals surface area contributed by atoms with E-state index in [4.69, 9.17) is 11.6 Å². The first-order chi connectivity index (χ1) is 12.1. The number of carbonyl (C=O) groups excluding carboxylic acids is 2. The predicted molar refractivity (Wildman–Crippen MR) is 105 cm³/mol. The Balaban J connectivity index is 1.72. The Bertz CT molecular complexity index is 845. The van der Waals surface area contributed by atoms with E-state index in [-0.39, 0.29) is 17.7 Å². The minimum absolute atomic E-state index is 0.235. The molecule has 2 aromatic carbocycles. The zero-order chi connectivity index (χ0) is 17.8. The summed E-state index contributed by atoms with van der Waals surface area (Å²) in [6, 6.07) is 15.5. The van der Waals surface area contributed by atoms with Gasteiger partial charge in [0.1, 0.15) is 0 Å².